The first-order valence-electron chi connectivity index (χ1n) is 6.92. The zero-order valence-electron chi connectivity index (χ0n) is 12.5. The van der Waals surface area contributed by atoms with Crippen molar-refractivity contribution in [2.45, 2.75) is 40.2 Å². The van der Waals surface area contributed by atoms with E-state index in [4.69, 9.17) is 4.42 Å². The van der Waals surface area contributed by atoms with E-state index in [9.17, 15) is 4.79 Å². The van der Waals surface area contributed by atoms with E-state index in [1.54, 1.807) is 6.07 Å². The van der Waals surface area contributed by atoms with E-state index >= 15 is 0 Å². The molecular formula is C15H25NO3. The van der Waals surface area contributed by atoms with Gasteiger partial charge in [0.1, 0.15) is 5.76 Å². The zero-order chi connectivity index (χ0) is 14.4. The van der Waals surface area contributed by atoms with Crippen LogP contribution in [-0.4, -0.2) is 19.6 Å². The molecule has 0 radical (unpaired) electrons. The van der Waals surface area contributed by atoms with Crippen molar-refractivity contribution in [3.05, 3.63) is 23.7 Å². The Labute approximate surface area is 115 Å². The molecular weight excluding hydrogens is 242 g/mol. The summed E-state index contributed by atoms with van der Waals surface area (Å²) in [6, 6.07) is 3.66. The van der Waals surface area contributed by atoms with Crippen LogP contribution in [0.4, 0.5) is 0 Å². The number of carbonyl (C=O) groups is 1. The van der Waals surface area contributed by atoms with Gasteiger partial charge in [-0.3, -0.25) is 0 Å². The molecule has 0 aromatic carbocycles. The minimum Gasteiger partial charge on any atom is -0.463 e. The fourth-order valence-corrected chi connectivity index (χ4v) is 1.96. The molecule has 0 amide bonds. The standard InChI is InChI=1S/C15H25NO3/c1-6-9-16-14(11(4)10(2)3)12-7-8-13(19-12)15(17)18-5/h7-8,10-11,14,16H,6,9H2,1-5H3. The van der Waals surface area contributed by atoms with Gasteiger partial charge >= 0.3 is 5.97 Å². The van der Waals surface area contributed by atoms with Crippen molar-refractivity contribution in [3.8, 4) is 0 Å². The summed E-state index contributed by atoms with van der Waals surface area (Å²) >= 11 is 0. The summed E-state index contributed by atoms with van der Waals surface area (Å²) < 4.78 is 10.3. The minimum absolute atomic E-state index is 0.123. The number of rotatable bonds is 7. The molecule has 0 aliphatic carbocycles. The fraction of sp³-hybridized carbons (Fsp3) is 0.667. The summed E-state index contributed by atoms with van der Waals surface area (Å²) in [5.41, 5.74) is 0. The van der Waals surface area contributed by atoms with E-state index in [-0.39, 0.29) is 11.8 Å². The predicted octanol–water partition coefficient (Wildman–Crippen LogP) is 3.40. The highest BCUT2D eigenvalue weighted by atomic mass is 16.5. The lowest BCUT2D eigenvalue weighted by atomic mass is 9.89. The van der Waals surface area contributed by atoms with Gasteiger partial charge in [-0.05, 0) is 36.9 Å². The number of methoxy groups -OCH3 is 1. The molecule has 4 heteroatoms. The first-order valence-corrected chi connectivity index (χ1v) is 6.92. The highest BCUT2D eigenvalue weighted by Gasteiger charge is 2.25. The number of ether oxygens (including phenoxy) is 1. The maximum atomic E-state index is 11.4. The largest absolute Gasteiger partial charge is 0.463 e. The average molecular weight is 267 g/mol. The zero-order valence-corrected chi connectivity index (χ0v) is 12.5. The van der Waals surface area contributed by atoms with Crippen molar-refractivity contribution >= 4 is 5.97 Å². The molecule has 1 rings (SSSR count). The maximum Gasteiger partial charge on any atom is 0.373 e. The smallest absolute Gasteiger partial charge is 0.373 e. The summed E-state index contributed by atoms with van der Waals surface area (Å²) in [5, 5.41) is 3.49. The van der Waals surface area contributed by atoms with Gasteiger partial charge in [-0.2, -0.15) is 0 Å². The normalized spacial score (nSPS) is 14.4. The Hall–Kier alpha value is -1.29. The molecule has 4 nitrogen and oxygen atoms in total. The van der Waals surface area contributed by atoms with Crippen LogP contribution in [0.15, 0.2) is 16.5 Å². The minimum atomic E-state index is -0.433. The third-order valence-electron chi connectivity index (χ3n) is 3.51. The van der Waals surface area contributed by atoms with E-state index in [2.05, 4.69) is 37.7 Å². The number of hydrogen-bond acceptors (Lipinski definition) is 4. The van der Waals surface area contributed by atoms with Gasteiger partial charge in [-0.15, -0.1) is 0 Å². The van der Waals surface area contributed by atoms with Gasteiger partial charge in [0.15, 0.2) is 0 Å². The third-order valence-corrected chi connectivity index (χ3v) is 3.51. The molecule has 0 spiro atoms. The van der Waals surface area contributed by atoms with E-state index in [1.165, 1.54) is 7.11 Å². The van der Waals surface area contributed by atoms with Crippen molar-refractivity contribution in [2.75, 3.05) is 13.7 Å². The number of esters is 1. The van der Waals surface area contributed by atoms with Crippen molar-refractivity contribution in [1.82, 2.24) is 5.32 Å². The highest BCUT2D eigenvalue weighted by Crippen LogP contribution is 2.29. The van der Waals surface area contributed by atoms with Gasteiger partial charge in [0.2, 0.25) is 5.76 Å². The van der Waals surface area contributed by atoms with Crippen LogP contribution in [0.5, 0.6) is 0 Å². The molecule has 108 valence electrons. The molecule has 1 aromatic rings. The van der Waals surface area contributed by atoms with Crippen molar-refractivity contribution in [3.63, 3.8) is 0 Å². The topological polar surface area (TPSA) is 51.5 Å². The lowest BCUT2D eigenvalue weighted by Gasteiger charge is -2.26. The number of nitrogens with one attached hydrogen (secondary N) is 1. The number of carbonyl (C=O) groups excluding carboxylic acids is 1. The Balaban J connectivity index is 2.90. The second kappa shape index (κ2) is 7.34. The lowest BCUT2D eigenvalue weighted by molar-refractivity contribution is 0.0560. The van der Waals surface area contributed by atoms with Gasteiger partial charge in [0.05, 0.1) is 13.2 Å². The van der Waals surface area contributed by atoms with E-state index in [1.807, 2.05) is 6.07 Å². The fourth-order valence-electron chi connectivity index (χ4n) is 1.96. The molecule has 0 bridgehead atoms. The number of furan rings is 1. The molecule has 1 heterocycles. The maximum absolute atomic E-state index is 11.4. The van der Waals surface area contributed by atoms with Crippen LogP contribution in [0.3, 0.4) is 0 Å². The Morgan fingerprint density at radius 2 is 2.05 bits per heavy atom. The summed E-state index contributed by atoms with van der Waals surface area (Å²) in [5.74, 6) is 1.58. The van der Waals surface area contributed by atoms with Gasteiger partial charge in [-0.1, -0.05) is 27.7 Å². The van der Waals surface area contributed by atoms with Crippen LogP contribution >= 0.6 is 0 Å². The third kappa shape index (κ3) is 4.10. The van der Waals surface area contributed by atoms with Crippen molar-refractivity contribution in [1.29, 1.82) is 0 Å². The van der Waals surface area contributed by atoms with Gasteiger partial charge in [0, 0.05) is 0 Å². The van der Waals surface area contributed by atoms with Gasteiger partial charge < -0.3 is 14.5 Å². The molecule has 1 aromatic heterocycles. The van der Waals surface area contributed by atoms with Crippen molar-refractivity contribution in [2.24, 2.45) is 11.8 Å². The summed E-state index contributed by atoms with van der Waals surface area (Å²) in [7, 11) is 1.36. The molecule has 0 saturated carbocycles. The first-order chi connectivity index (χ1) is 9.01. The molecule has 2 atom stereocenters. The van der Waals surface area contributed by atoms with Crippen LogP contribution in [0.1, 0.15) is 56.5 Å². The van der Waals surface area contributed by atoms with Crippen molar-refractivity contribution < 1.29 is 13.9 Å². The van der Waals surface area contributed by atoms with E-state index < -0.39 is 5.97 Å². The molecule has 0 aliphatic rings. The van der Waals surface area contributed by atoms with E-state index in [0.717, 1.165) is 18.7 Å². The lowest BCUT2D eigenvalue weighted by Crippen LogP contribution is -2.29. The predicted molar refractivity (Wildman–Crippen MR) is 75.1 cm³/mol. The second-order valence-electron chi connectivity index (χ2n) is 5.23. The van der Waals surface area contributed by atoms with Crippen LogP contribution in [0.2, 0.25) is 0 Å². The molecule has 0 aliphatic heterocycles. The molecule has 0 fully saturated rings. The molecule has 19 heavy (non-hydrogen) atoms. The van der Waals surface area contributed by atoms with Gasteiger partial charge in [-0.25, -0.2) is 4.79 Å². The first kappa shape index (κ1) is 15.8. The highest BCUT2D eigenvalue weighted by molar-refractivity contribution is 5.86. The Morgan fingerprint density at radius 1 is 1.37 bits per heavy atom. The monoisotopic (exact) mass is 267 g/mol. The van der Waals surface area contributed by atoms with Crippen LogP contribution in [0, 0.1) is 11.8 Å². The Morgan fingerprint density at radius 3 is 2.58 bits per heavy atom. The summed E-state index contributed by atoms with van der Waals surface area (Å²) in [6.07, 6.45) is 1.06. The van der Waals surface area contributed by atoms with Gasteiger partial charge in [0.25, 0.3) is 0 Å². The summed E-state index contributed by atoms with van der Waals surface area (Å²) in [6.45, 7) is 9.63. The number of hydrogen-bond donors (Lipinski definition) is 1. The van der Waals surface area contributed by atoms with Crippen LogP contribution < -0.4 is 5.32 Å². The Kier molecular flexibility index (Phi) is 6.09. The van der Waals surface area contributed by atoms with E-state index in [0.29, 0.717) is 11.8 Å². The molecule has 2 unspecified atom stereocenters. The average Bonchev–Trinajstić information content (AvgIpc) is 2.87. The molecule has 0 saturated heterocycles. The second-order valence-corrected chi connectivity index (χ2v) is 5.23. The SMILES string of the molecule is CCCNC(c1ccc(C(=O)OC)o1)C(C)C(C)C. The molecule has 1 N–H and O–H groups in total. The van der Waals surface area contributed by atoms with Crippen LogP contribution in [0.25, 0.3) is 0 Å². The van der Waals surface area contributed by atoms with Crippen LogP contribution in [-0.2, 0) is 4.74 Å². The summed E-state index contributed by atoms with van der Waals surface area (Å²) in [4.78, 5) is 11.4. The Bertz CT molecular complexity index is 398. The quantitative estimate of drug-likeness (QED) is 0.769.